The lowest BCUT2D eigenvalue weighted by Gasteiger charge is -2.33. The zero-order valence-electron chi connectivity index (χ0n) is 13.9. The Morgan fingerprint density at radius 3 is 2.57 bits per heavy atom. The maximum Gasteiger partial charge on any atom is 0.191 e. The summed E-state index contributed by atoms with van der Waals surface area (Å²) in [6.07, 6.45) is 2.01. The van der Waals surface area contributed by atoms with Crippen molar-refractivity contribution < 1.29 is 0 Å². The zero-order valence-corrected chi connectivity index (χ0v) is 14.7. The third-order valence-corrected chi connectivity index (χ3v) is 4.54. The highest BCUT2D eigenvalue weighted by Crippen LogP contribution is 2.24. The molecule has 0 bridgehead atoms. The number of nitrogens with zero attached hydrogens (tertiary/aromatic N) is 4. The molecule has 2 heterocycles. The molecule has 0 unspecified atom stereocenters. The monoisotopic (exact) mass is 329 g/mol. The fourth-order valence-electron chi connectivity index (χ4n) is 2.64. The Morgan fingerprint density at radius 1 is 1.09 bits per heavy atom. The number of nitrogens with one attached hydrogen (secondary N) is 1. The molecule has 1 fully saturated rings. The molecule has 1 aromatic heterocycles. The van der Waals surface area contributed by atoms with Crippen LogP contribution >= 0.6 is 11.8 Å². The second kappa shape index (κ2) is 7.19. The first-order chi connectivity index (χ1) is 11.1. The van der Waals surface area contributed by atoms with Gasteiger partial charge in [0.1, 0.15) is 11.6 Å². The van der Waals surface area contributed by atoms with Crippen LogP contribution in [0.5, 0.6) is 0 Å². The van der Waals surface area contributed by atoms with Crippen molar-refractivity contribution in [3.05, 3.63) is 35.9 Å². The third kappa shape index (κ3) is 4.14. The number of hydrogen-bond donors (Lipinski definition) is 1. The fraction of sp³-hybridized carbons (Fsp3) is 0.412. The van der Waals surface area contributed by atoms with Gasteiger partial charge in [0.05, 0.1) is 0 Å². The molecule has 0 amide bonds. The molecule has 0 spiro atoms. The van der Waals surface area contributed by atoms with Crippen molar-refractivity contribution in [1.82, 2.24) is 14.9 Å². The first kappa shape index (κ1) is 16.1. The molecule has 0 aliphatic carbocycles. The molecule has 2 aromatic rings. The van der Waals surface area contributed by atoms with Crippen molar-refractivity contribution in [2.75, 3.05) is 49.7 Å². The van der Waals surface area contributed by atoms with Crippen molar-refractivity contribution in [1.29, 1.82) is 0 Å². The van der Waals surface area contributed by atoms with E-state index in [0.717, 1.165) is 48.7 Å². The minimum absolute atomic E-state index is 0.802. The van der Waals surface area contributed by atoms with Gasteiger partial charge in [0.25, 0.3) is 0 Å². The predicted octanol–water partition coefficient (Wildman–Crippen LogP) is 3.00. The molecule has 1 aliphatic heterocycles. The summed E-state index contributed by atoms with van der Waals surface area (Å²) in [6, 6.07) is 10.4. The van der Waals surface area contributed by atoms with E-state index >= 15 is 0 Å². The summed E-state index contributed by atoms with van der Waals surface area (Å²) in [6.45, 7) is 6.24. The van der Waals surface area contributed by atoms with E-state index in [-0.39, 0.29) is 0 Å². The quantitative estimate of drug-likeness (QED) is 0.687. The average Bonchev–Trinajstić information content (AvgIpc) is 2.55. The molecule has 5 nitrogen and oxygen atoms in total. The molecule has 6 heteroatoms. The Balaban J connectivity index is 1.84. The minimum Gasteiger partial charge on any atom is -0.354 e. The highest BCUT2D eigenvalue weighted by Gasteiger charge is 2.17. The Labute approximate surface area is 142 Å². The second-order valence-corrected chi connectivity index (χ2v) is 6.66. The Bertz CT molecular complexity index is 668. The maximum atomic E-state index is 4.68. The standard InChI is InChI=1S/C17H23N5S/c1-13-5-4-6-14(11-13)18-15-12-16(20-17(19-15)23-3)22-9-7-21(2)8-10-22/h4-6,11-12H,7-10H2,1-3H3,(H,18,19,20). The van der Waals surface area contributed by atoms with Gasteiger partial charge in [-0.2, -0.15) is 0 Å². The highest BCUT2D eigenvalue weighted by molar-refractivity contribution is 7.98. The molecule has 23 heavy (non-hydrogen) atoms. The third-order valence-electron chi connectivity index (χ3n) is 3.99. The van der Waals surface area contributed by atoms with Gasteiger partial charge < -0.3 is 15.1 Å². The van der Waals surface area contributed by atoms with Gasteiger partial charge in [-0.25, -0.2) is 9.97 Å². The molecule has 1 aromatic carbocycles. The lowest BCUT2D eigenvalue weighted by Crippen LogP contribution is -2.44. The molecule has 3 rings (SSSR count). The largest absolute Gasteiger partial charge is 0.354 e. The maximum absolute atomic E-state index is 4.68. The molecule has 1 N–H and O–H groups in total. The number of hydrogen-bond acceptors (Lipinski definition) is 6. The number of benzene rings is 1. The van der Waals surface area contributed by atoms with Crippen LogP contribution in [0.2, 0.25) is 0 Å². The number of likely N-dealkylation sites (N-methyl/N-ethyl adjacent to an activating group) is 1. The van der Waals surface area contributed by atoms with Crippen molar-refractivity contribution in [3.8, 4) is 0 Å². The van der Waals surface area contributed by atoms with Crippen molar-refractivity contribution in [2.45, 2.75) is 12.1 Å². The lowest BCUT2D eigenvalue weighted by atomic mass is 10.2. The summed E-state index contributed by atoms with van der Waals surface area (Å²) in [4.78, 5) is 14.0. The summed E-state index contributed by atoms with van der Waals surface area (Å²) in [5.41, 5.74) is 2.29. The van der Waals surface area contributed by atoms with Gasteiger partial charge >= 0.3 is 0 Å². The summed E-state index contributed by atoms with van der Waals surface area (Å²) in [5.74, 6) is 1.86. The van der Waals surface area contributed by atoms with E-state index in [1.165, 1.54) is 5.56 Å². The van der Waals surface area contributed by atoms with Crippen LogP contribution in [0, 0.1) is 6.92 Å². The predicted molar refractivity (Wildman–Crippen MR) is 98.0 cm³/mol. The topological polar surface area (TPSA) is 44.3 Å². The van der Waals surface area contributed by atoms with Crippen LogP contribution in [0.3, 0.4) is 0 Å². The van der Waals surface area contributed by atoms with E-state index in [1.54, 1.807) is 11.8 Å². The van der Waals surface area contributed by atoms with Gasteiger partial charge in [0.2, 0.25) is 0 Å². The van der Waals surface area contributed by atoms with Gasteiger partial charge in [-0.3, -0.25) is 0 Å². The van der Waals surface area contributed by atoms with Crippen LogP contribution in [0.4, 0.5) is 17.3 Å². The van der Waals surface area contributed by atoms with Crippen LogP contribution in [-0.4, -0.2) is 54.4 Å². The smallest absolute Gasteiger partial charge is 0.191 e. The average molecular weight is 329 g/mol. The molecular weight excluding hydrogens is 306 g/mol. The van der Waals surface area contributed by atoms with Crippen LogP contribution < -0.4 is 10.2 Å². The van der Waals surface area contributed by atoms with Gasteiger partial charge in [-0.05, 0) is 37.9 Å². The number of thioether (sulfide) groups is 1. The van der Waals surface area contributed by atoms with Gasteiger partial charge in [0.15, 0.2) is 5.16 Å². The lowest BCUT2D eigenvalue weighted by molar-refractivity contribution is 0.312. The SMILES string of the molecule is CSc1nc(Nc2cccc(C)c2)cc(N2CCN(C)CC2)n1. The Morgan fingerprint density at radius 2 is 1.87 bits per heavy atom. The van der Waals surface area contributed by atoms with Gasteiger partial charge in [-0.15, -0.1) is 0 Å². The normalized spacial score (nSPS) is 15.7. The molecule has 1 aliphatic rings. The summed E-state index contributed by atoms with van der Waals surface area (Å²) in [7, 11) is 2.16. The van der Waals surface area contributed by atoms with E-state index in [9.17, 15) is 0 Å². The number of rotatable bonds is 4. The van der Waals surface area contributed by atoms with E-state index in [4.69, 9.17) is 0 Å². The highest BCUT2D eigenvalue weighted by atomic mass is 32.2. The molecule has 0 radical (unpaired) electrons. The molecule has 122 valence electrons. The van der Waals surface area contributed by atoms with E-state index in [1.807, 2.05) is 12.3 Å². The first-order valence-electron chi connectivity index (χ1n) is 7.84. The second-order valence-electron chi connectivity index (χ2n) is 5.88. The first-order valence-corrected chi connectivity index (χ1v) is 9.07. The summed E-state index contributed by atoms with van der Waals surface area (Å²) >= 11 is 1.58. The van der Waals surface area contributed by atoms with Crippen molar-refractivity contribution >= 4 is 29.1 Å². The van der Waals surface area contributed by atoms with Crippen molar-refractivity contribution in [3.63, 3.8) is 0 Å². The van der Waals surface area contributed by atoms with E-state index in [0.29, 0.717) is 0 Å². The Kier molecular flexibility index (Phi) is 5.03. The van der Waals surface area contributed by atoms with Crippen molar-refractivity contribution in [2.24, 2.45) is 0 Å². The van der Waals surface area contributed by atoms with Crippen LogP contribution in [0.15, 0.2) is 35.5 Å². The van der Waals surface area contributed by atoms with Crippen LogP contribution in [0.1, 0.15) is 5.56 Å². The molecule has 0 atom stereocenters. The van der Waals surface area contributed by atoms with E-state index in [2.05, 4.69) is 63.3 Å². The van der Waals surface area contributed by atoms with Gasteiger partial charge in [-0.1, -0.05) is 23.9 Å². The molecule has 0 saturated carbocycles. The minimum atomic E-state index is 0.802. The molecule has 1 saturated heterocycles. The van der Waals surface area contributed by atoms with Crippen LogP contribution in [-0.2, 0) is 0 Å². The summed E-state index contributed by atoms with van der Waals surface area (Å²) in [5, 5.41) is 4.21. The zero-order chi connectivity index (χ0) is 16.2. The fourth-order valence-corrected chi connectivity index (χ4v) is 3.01. The number of piperazine rings is 1. The number of aryl methyl sites for hydroxylation is 1. The van der Waals surface area contributed by atoms with Gasteiger partial charge in [0, 0.05) is 37.9 Å². The molecular formula is C17H23N5S. The van der Waals surface area contributed by atoms with E-state index < -0.39 is 0 Å². The Hall–Kier alpha value is -1.79. The van der Waals surface area contributed by atoms with Crippen LogP contribution in [0.25, 0.3) is 0 Å². The number of aromatic nitrogens is 2. The summed E-state index contributed by atoms with van der Waals surface area (Å²) < 4.78 is 0. The number of anilines is 3.